The van der Waals surface area contributed by atoms with E-state index in [0.717, 1.165) is 12.0 Å². The summed E-state index contributed by atoms with van der Waals surface area (Å²) in [5, 5.41) is 8.70. The summed E-state index contributed by atoms with van der Waals surface area (Å²) in [7, 11) is 1.75. The molecular formula is C16H23NO3. The molecule has 1 aromatic carbocycles. The fraction of sp³-hybridized carbons (Fsp3) is 0.500. The topological polar surface area (TPSA) is 57.6 Å². The zero-order chi connectivity index (χ0) is 15.1. The van der Waals surface area contributed by atoms with Gasteiger partial charge in [-0.15, -0.1) is 0 Å². The van der Waals surface area contributed by atoms with Gasteiger partial charge in [-0.3, -0.25) is 9.59 Å². The average Bonchev–Trinajstić information content (AvgIpc) is 2.38. The van der Waals surface area contributed by atoms with E-state index in [9.17, 15) is 9.59 Å². The summed E-state index contributed by atoms with van der Waals surface area (Å²) in [6.07, 6.45) is 1.31. The SMILES string of the molecule is CCc1ccc(CN(C)C(=O)CC(C)CC(=O)O)cc1. The molecule has 0 fully saturated rings. The Balaban J connectivity index is 2.50. The lowest BCUT2D eigenvalue weighted by Crippen LogP contribution is -2.28. The Labute approximate surface area is 120 Å². The Morgan fingerprint density at radius 2 is 1.70 bits per heavy atom. The van der Waals surface area contributed by atoms with Crippen LogP contribution < -0.4 is 0 Å². The number of benzene rings is 1. The summed E-state index contributed by atoms with van der Waals surface area (Å²) in [5.41, 5.74) is 2.36. The quantitative estimate of drug-likeness (QED) is 0.833. The van der Waals surface area contributed by atoms with Gasteiger partial charge in [-0.2, -0.15) is 0 Å². The van der Waals surface area contributed by atoms with Crippen LogP contribution in [0.2, 0.25) is 0 Å². The molecule has 1 atom stereocenters. The fourth-order valence-electron chi connectivity index (χ4n) is 2.07. The molecule has 4 heteroatoms. The van der Waals surface area contributed by atoms with E-state index in [4.69, 9.17) is 5.11 Å². The van der Waals surface area contributed by atoms with Crippen molar-refractivity contribution >= 4 is 11.9 Å². The van der Waals surface area contributed by atoms with Gasteiger partial charge in [0.05, 0.1) is 0 Å². The summed E-state index contributed by atoms with van der Waals surface area (Å²) >= 11 is 0. The van der Waals surface area contributed by atoms with E-state index in [1.165, 1.54) is 5.56 Å². The first-order chi connectivity index (χ1) is 9.42. The number of amides is 1. The normalized spacial score (nSPS) is 11.9. The molecule has 0 saturated carbocycles. The third-order valence-corrected chi connectivity index (χ3v) is 3.32. The Hall–Kier alpha value is -1.84. The van der Waals surface area contributed by atoms with Gasteiger partial charge in [-0.05, 0) is 23.5 Å². The van der Waals surface area contributed by atoms with Crippen LogP contribution in [-0.2, 0) is 22.6 Å². The molecule has 0 bridgehead atoms. The Kier molecular flexibility index (Phi) is 6.22. The highest BCUT2D eigenvalue weighted by molar-refractivity contribution is 5.77. The van der Waals surface area contributed by atoms with Crippen molar-refractivity contribution in [3.05, 3.63) is 35.4 Å². The van der Waals surface area contributed by atoms with Gasteiger partial charge in [0, 0.05) is 26.4 Å². The second-order valence-corrected chi connectivity index (χ2v) is 5.33. The summed E-state index contributed by atoms with van der Waals surface area (Å²) in [4.78, 5) is 24.2. The van der Waals surface area contributed by atoms with Gasteiger partial charge < -0.3 is 10.0 Å². The maximum absolute atomic E-state index is 12.0. The highest BCUT2D eigenvalue weighted by atomic mass is 16.4. The second-order valence-electron chi connectivity index (χ2n) is 5.33. The summed E-state index contributed by atoms with van der Waals surface area (Å²) in [6.45, 7) is 4.45. The van der Waals surface area contributed by atoms with Crippen LogP contribution in [0.1, 0.15) is 37.8 Å². The minimum atomic E-state index is -0.858. The number of hydrogen-bond acceptors (Lipinski definition) is 2. The molecule has 1 N–H and O–H groups in total. The van der Waals surface area contributed by atoms with Gasteiger partial charge in [0.1, 0.15) is 0 Å². The van der Waals surface area contributed by atoms with Crippen LogP contribution in [0.25, 0.3) is 0 Å². The minimum absolute atomic E-state index is 0.0154. The molecule has 0 aliphatic carbocycles. The molecule has 0 heterocycles. The van der Waals surface area contributed by atoms with Crippen molar-refractivity contribution < 1.29 is 14.7 Å². The molecule has 20 heavy (non-hydrogen) atoms. The predicted molar refractivity (Wildman–Crippen MR) is 78.3 cm³/mol. The van der Waals surface area contributed by atoms with Crippen LogP contribution >= 0.6 is 0 Å². The van der Waals surface area contributed by atoms with E-state index in [1.807, 2.05) is 12.1 Å². The lowest BCUT2D eigenvalue weighted by molar-refractivity contribution is -0.138. The van der Waals surface area contributed by atoms with Crippen LogP contribution in [0.4, 0.5) is 0 Å². The molecule has 4 nitrogen and oxygen atoms in total. The number of carbonyl (C=O) groups excluding carboxylic acids is 1. The van der Waals surface area contributed by atoms with Crippen LogP contribution in [0.3, 0.4) is 0 Å². The summed E-state index contributed by atoms with van der Waals surface area (Å²) in [6, 6.07) is 8.20. The van der Waals surface area contributed by atoms with Gasteiger partial charge in [0.25, 0.3) is 0 Å². The first kappa shape index (κ1) is 16.2. The summed E-state index contributed by atoms with van der Waals surface area (Å²) in [5.74, 6) is -1.01. The smallest absolute Gasteiger partial charge is 0.303 e. The van der Waals surface area contributed by atoms with Crippen molar-refractivity contribution in [3.8, 4) is 0 Å². The molecule has 0 aromatic heterocycles. The average molecular weight is 277 g/mol. The number of carboxylic acids is 1. The molecule has 1 rings (SSSR count). The second kappa shape index (κ2) is 7.68. The molecule has 1 aromatic rings. The number of nitrogens with zero attached hydrogens (tertiary/aromatic N) is 1. The zero-order valence-electron chi connectivity index (χ0n) is 12.4. The summed E-state index contributed by atoms with van der Waals surface area (Å²) < 4.78 is 0. The maximum Gasteiger partial charge on any atom is 0.303 e. The molecule has 0 saturated heterocycles. The van der Waals surface area contributed by atoms with E-state index >= 15 is 0 Å². The van der Waals surface area contributed by atoms with Crippen molar-refractivity contribution in [1.82, 2.24) is 4.90 Å². The standard InChI is InChI=1S/C16H23NO3/c1-4-13-5-7-14(8-6-13)11-17(3)15(18)9-12(2)10-16(19)20/h5-8,12H,4,9-11H2,1-3H3,(H,19,20). The van der Waals surface area contributed by atoms with Crippen LogP contribution in [0.5, 0.6) is 0 Å². The van der Waals surface area contributed by atoms with Gasteiger partial charge >= 0.3 is 5.97 Å². The lowest BCUT2D eigenvalue weighted by Gasteiger charge is -2.19. The number of aryl methyl sites for hydroxylation is 1. The third-order valence-electron chi connectivity index (χ3n) is 3.32. The van der Waals surface area contributed by atoms with E-state index in [1.54, 1.807) is 18.9 Å². The van der Waals surface area contributed by atoms with Gasteiger partial charge in [0.15, 0.2) is 0 Å². The minimum Gasteiger partial charge on any atom is -0.481 e. The van der Waals surface area contributed by atoms with Crippen LogP contribution in [0, 0.1) is 5.92 Å². The maximum atomic E-state index is 12.0. The monoisotopic (exact) mass is 277 g/mol. The lowest BCUT2D eigenvalue weighted by atomic mass is 10.0. The molecule has 1 amide bonds. The Morgan fingerprint density at radius 1 is 1.15 bits per heavy atom. The number of carboxylic acid groups (broad SMARTS) is 1. The number of rotatable bonds is 7. The molecule has 0 aliphatic heterocycles. The van der Waals surface area contributed by atoms with Crippen LogP contribution in [0.15, 0.2) is 24.3 Å². The van der Waals surface area contributed by atoms with Gasteiger partial charge in [-0.25, -0.2) is 0 Å². The number of hydrogen-bond donors (Lipinski definition) is 1. The fourth-order valence-corrected chi connectivity index (χ4v) is 2.07. The first-order valence-corrected chi connectivity index (χ1v) is 6.96. The van der Waals surface area contributed by atoms with Gasteiger partial charge in [0.2, 0.25) is 5.91 Å². The molecule has 1 unspecified atom stereocenters. The predicted octanol–water partition coefficient (Wildman–Crippen LogP) is 2.71. The van der Waals surface area contributed by atoms with E-state index in [0.29, 0.717) is 6.54 Å². The van der Waals surface area contributed by atoms with Crippen molar-refractivity contribution in [2.45, 2.75) is 39.7 Å². The Bertz CT molecular complexity index is 453. The first-order valence-electron chi connectivity index (χ1n) is 6.96. The van der Waals surface area contributed by atoms with Crippen molar-refractivity contribution in [2.75, 3.05) is 7.05 Å². The van der Waals surface area contributed by atoms with Crippen molar-refractivity contribution in [2.24, 2.45) is 5.92 Å². The van der Waals surface area contributed by atoms with Gasteiger partial charge in [-0.1, -0.05) is 38.1 Å². The van der Waals surface area contributed by atoms with E-state index < -0.39 is 5.97 Å². The van der Waals surface area contributed by atoms with Crippen molar-refractivity contribution in [3.63, 3.8) is 0 Å². The third kappa shape index (κ3) is 5.43. The Morgan fingerprint density at radius 3 is 2.20 bits per heavy atom. The largest absolute Gasteiger partial charge is 0.481 e. The molecular weight excluding hydrogens is 254 g/mol. The zero-order valence-corrected chi connectivity index (χ0v) is 12.4. The van der Waals surface area contributed by atoms with Crippen LogP contribution in [-0.4, -0.2) is 28.9 Å². The molecule has 110 valence electrons. The highest BCUT2D eigenvalue weighted by Gasteiger charge is 2.15. The molecule has 0 radical (unpaired) electrons. The van der Waals surface area contributed by atoms with Crippen molar-refractivity contribution in [1.29, 1.82) is 0 Å². The molecule has 0 aliphatic rings. The highest BCUT2D eigenvalue weighted by Crippen LogP contribution is 2.12. The number of carbonyl (C=O) groups is 2. The molecule has 0 spiro atoms. The van der Waals surface area contributed by atoms with E-state index in [2.05, 4.69) is 19.1 Å². The van der Waals surface area contributed by atoms with E-state index in [-0.39, 0.29) is 24.7 Å². The number of aliphatic carboxylic acids is 1.